The summed E-state index contributed by atoms with van der Waals surface area (Å²) in [6.45, 7) is 6.92. The second-order valence-corrected chi connectivity index (χ2v) is 6.57. The number of amides is 1. The van der Waals surface area contributed by atoms with Crippen LogP contribution in [0.25, 0.3) is 0 Å². The summed E-state index contributed by atoms with van der Waals surface area (Å²) in [5.41, 5.74) is 4.29. The molecule has 1 aliphatic heterocycles. The quantitative estimate of drug-likeness (QED) is 0.905. The Morgan fingerprint density at radius 3 is 2.64 bits per heavy atom. The first-order chi connectivity index (χ1) is 11.9. The zero-order chi connectivity index (χ0) is 18.0. The largest absolute Gasteiger partial charge is 0.454 e. The Hall–Kier alpha value is -2.53. The first kappa shape index (κ1) is 17.3. The SMILES string of the molecule is Cc1ccc(NC(=O)C(C)N(C)Cc2ccc3c(c2)OCO3)cc1C. The second kappa shape index (κ2) is 7.15. The number of hydrogen-bond acceptors (Lipinski definition) is 4. The summed E-state index contributed by atoms with van der Waals surface area (Å²) >= 11 is 0. The van der Waals surface area contributed by atoms with Crippen molar-refractivity contribution in [2.75, 3.05) is 19.2 Å². The number of likely N-dealkylation sites (N-methyl/N-ethyl adjacent to an activating group) is 1. The molecule has 2 aromatic rings. The molecule has 1 amide bonds. The van der Waals surface area contributed by atoms with Gasteiger partial charge in [0.25, 0.3) is 0 Å². The van der Waals surface area contributed by atoms with Crippen molar-refractivity contribution < 1.29 is 14.3 Å². The summed E-state index contributed by atoms with van der Waals surface area (Å²) in [6, 6.07) is 11.6. The zero-order valence-corrected chi connectivity index (χ0v) is 15.1. The topological polar surface area (TPSA) is 50.8 Å². The first-order valence-electron chi connectivity index (χ1n) is 8.41. The molecule has 1 N–H and O–H groups in total. The van der Waals surface area contributed by atoms with E-state index in [1.807, 2.05) is 62.2 Å². The van der Waals surface area contributed by atoms with E-state index >= 15 is 0 Å². The first-order valence-corrected chi connectivity index (χ1v) is 8.41. The van der Waals surface area contributed by atoms with Crippen molar-refractivity contribution in [1.29, 1.82) is 0 Å². The van der Waals surface area contributed by atoms with Crippen molar-refractivity contribution in [3.63, 3.8) is 0 Å². The van der Waals surface area contributed by atoms with Gasteiger partial charge in [-0.1, -0.05) is 12.1 Å². The molecule has 0 bridgehead atoms. The highest BCUT2D eigenvalue weighted by Gasteiger charge is 2.20. The third kappa shape index (κ3) is 3.94. The van der Waals surface area contributed by atoms with Gasteiger partial charge >= 0.3 is 0 Å². The fraction of sp³-hybridized carbons (Fsp3) is 0.350. The number of carbonyl (C=O) groups is 1. The highest BCUT2D eigenvalue weighted by Crippen LogP contribution is 2.32. The molecule has 1 atom stereocenters. The monoisotopic (exact) mass is 340 g/mol. The van der Waals surface area contributed by atoms with Crippen LogP contribution in [0, 0.1) is 13.8 Å². The van der Waals surface area contributed by atoms with Crippen LogP contribution in [0.5, 0.6) is 11.5 Å². The number of benzene rings is 2. The van der Waals surface area contributed by atoms with Crippen LogP contribution in [-0.2, 0) is 11.3 Å². The Labute approximate surface area is 148 Å². The molecule has 5 nitrogen and oxygen atoms in total. The van der Waals surface area contributed by atoms with Crippen molar-refractivity contribution in [2.45, 2.75) is 33.4 Å². The van der Waals surface area contributed by atoms with E-state index in [-0.39, 0.29) is 18.7 Å². The van der Waals surface area contributed by atoms with Gasteiger partial charge < -0.3 is 14.8 Å². The average Bonchev–Trinajstić information content (AvgIpc) is 3.05. The standard InChI is InChI=1S/C20H24N2O3/c1-13-5-7-17(9-14(13)2)21-20(23)15(3)22(4)11-16-6-8-18-19(10-16)25-12-24-18/h5-10,15H,11-12H2,1-4H3,(H,21,23). The second-order valence-electron chi connectivity index (χ2n) is 6.57. The van der Waals surface area contributed by atoms with Gasteiger partial charge in [0.15, 0.2) is 11.5 Å². The van der Waals surface area contributed by atoms with Crippen molar-refractivity contribution in [1.82, 2.24) is 4.90 Å². The van der Waals surface area contributed by atoms with Crippen molar-refractivity contribution >= 4 is 11.6 Å². The number of nitrogens with one attached hydrogen (secondary N) is 1. The van der Waals surface area contributed by atoms with Crippen LogP contribution in [0.4, 0.5) is 5.69 Å². The van der Waals surface area contributed by atoms with E-state index < -0.39 is 0 Å². The lowest BCUT2D eigenvalue weighted by Crippen LogP contribution is -2.39. The maximum Gasteiger partial charge on any atom is 0.241 e. The van der Waals surface area contributed by atoms with Crippen molar-refractivity contribution in [3.8, 4) is 11.5 Å². The minimum atomic E-state index is -0.257. The summed E-state index contributed by atoms with van der Waals surface area (Å²) in [7, 11) is 1.94. The van der Waals surface area contributed by atoms with Gasteiger partial charge in [-0.3, -0.25) is 9.69 Å². The van der Waals surface area contributed by atoms with Crippen LogP contribution in [0.2, 0.25) is 0 Å². The maximum absolute atomic E-state index is 12.5. The molecule has 0 aromatic heterocycles. The van der Waals surface area contributed by atoms with E-state index in [9.17, 15) is 4.79 Å². The lowest BCUT2D eigenvalue weighted by Gasteiger charge is -2.24. The Kier molecular flexibility index (Phi) is 4.95. The van der Waals surface area contributed by atoms with Gasteiger partial charge in [0, 0.05) is 12.2 Å². The highest BCUT2D eigenvalue weighted by atomic mass is 16.7. The minimum absolute atomic E-state index is 0.0218. The van der Waals surface area contributed by atoms with Crippen LogP contribution >= 0.6 is 0 Å². The van der Waals surface area contributed by atoms with Crippen molar-refractivity contribution in [2.24, 2.45) is 0 Å². The van der Waals surface area contributed by atoms with Gasteiger partial charge in [-0.25, -0.2) is 0 Å². The van der Waals surface area contributed by atoms with E-state index in [0.717, 1.165) is 22.7 Å². The van der Waals surface area contributed by atoms with Crippen molar-refractivity contribution in [3.05, 3.63) is 53.1 Å². The third-order valence-corrected chi connectivity index (χ3v) is 4.68. The molecule has 0 aliphatic carbocycles. The number of ether oxygens (including phenoxy) is 2. The van der Waals surface area contributed by atoms with Gasteiger partial charge in [0.2, 0.25) is 12.7 Å². The predicted molar refractivity (Wildman–Crippen MR) is 98.0 cm³/mol. The molecule has 0 radical (unpaired) electrons. The maximum atomic E-state index is 12.5. The van der Waals surface area contributed by atoms with E-state index in [1.165, 1.54) is 11.1 Å². The smallest absolute Gasteiger partial charge is 0.241 e. The molecule has 1 unspecified atom stereocenters. The highest BCUT2D eigenvalue weighted by molar-refractivity contribution is 5.94. The van der Waals surface area contributed by atoms with Crippen LogP contribution in [0.15, 0.2) is 36.4 Å². The summed E-state index contributed by atoms with van der Waals surface area (Å²) in [4.78, 5) is 14.5. The normalized spacial score (nSPS) is 13.8. The van der Waals surface area contributed by atoms with Crippen LogP contribution in [-0.4, -0.2) is 30.7 Å². The van der Waals surface area contributed by atoms with Gasteiger partial charge in [-0.05, 0) is 68.8 Å². The predicted octanol–water partition coefficient (Wildman–Crippen LogP) is 3.49. The summed E-state index contributed by atoms with van der Waals surface area (Å²) < 4.78 is 10.7. The van der Waals surface area contributed by atoms with Gasteiger partial charge in [-0.15, -0.1) is 0 Å². The fourth-order valence-corrected chi connectivity index (χ4v) is 2.73. The number of aryl methyl sites for hydroxylation is 2. The number of carbonyl (C=O) groups excluding carboxylic acids is 1. The lowest BCUT2D eigenvalue weighted by molar-refractivity contribution is -0.120. The Morgan fingerprint density at radius 2 is 1.88 bits per heavy atom. The lowest BCUT2D eigenvalue weighted by atomic mass is 10.1. The molecule has 5 heteroatoms. The number of nitrogens with zero attached hydrogens (tertiary/aromatic N) is 1. The molecule has 0 fully saturated rings. The van der Waals surface area contributed by atoms with E-state index in [0.29, 0.717) is 6.54 Å². The van der Waals surface area contributed by atoms with Crippen LogP contribution in [0.1, 0.15) is 23.6 Å². The Bertz CT molecular complexity index is 789. The molecule has 132 valence electrons. The van der Waals surface area contributed by atoms with Crippen LogP contribution in [0.3, 0.4) is 0 Å². The van der Waals surface area contributed by atoms with Gasteiger partial charge in [0.05, 0.1) is 6.04 Å². The molecule has 0 spiro atoms. The number of rotatable bonds is 5. The molecule has 0 saturated heterocycles. The average molecular weight is 340 g/mol. The van der Waals surface area contributed by atoms with Gasteiger partial charge in [0.1, 0.15) is 0 Å². The van der Waals surface area contributed by atoms with Gasteiger partial charge in [-0.2, -0.15) is 0 Å². The molecule has 2 aromatic carbocycles. The van der Waals surface area contributed by atoms with Crippen LogP contribution < -0.4 is 14.8 Å². The molecule has 0 saturated carbocycles. The molecule has 3 rings (SSSR count). The molecular formula is C20H24N2O3. The molecular weight excluding hydrogens is 316 g/mol. The number of anilines is 1. The van der Waals surface area contributed by atoms with E-state index in [2.05, 4.69) is 12.2 Å². The fourth-order valence-electron chi connectivity index (χ4n) is 2.73. The Morgan fingerprint density at radius 1 is 1.12 bits per heavy atom. The number of hydrogen-bond donors (Lipinski definition) is 1. The van der Waals surface area contributed by atoms with E-state index in [1.54, 1.807) is 0 Å². The summed E-state index contributed by atoms with van der Waals surface area (Å²) in [5.74, 6) is 1.51. The third-order valence-electron chi connectivity index (χ3n) is 4.68. The zero-order valence-electron chi connectivity index (χ0n) is 15.1. The summed E-state index contributed by atoms with van der Waals surface area (Å²) in [5, 5.41) is 2.99. The van der Waals surface area contributed by atoms with E-state index in [4.69, 9.17) is 9.47 Å². The summed E-state index contributed by atoms with van der Waals surface area (Å²) in [6.07, 6.45) is 0. The molecule has 1 aliphatic rings. The molecule has 25 heavy (non-hydrogen) atoms. The Balaban J connectivity index is 1.62. The molecule has 1 heterocycles. The number of fused-ring (bicyclic) bond motifs is 1. The minimum Gasteiger partial charge on any atom is -0.454 e.